The number of aromatic nitrogens is 1. The second kappa shape index (κ2) is 4.88. The monoisotopic (exact) mass is 257 g/mol. The fraction of sp³-hybridized carbons (Fsp3) is 0.400. The Balaban J connectivity index is 3.12. The van der Waals surface area contributed by atoms with Crippen LogP contribution >= 0.6 is 12.2 Å². The first-order valence-corrected chi connectivity index (χ1v) is 7.15. The van der Waals surface area contributed by atoms with Crippen molar-refractivity contribution in [2.75, 3.05) is 6.26 Å². The number of hydrogen-bond acceptors (Lipinski definition) is 3. The highest BCUT2D eigenvalue weighted by molar-refractivity contribution is 7.94. The standard InChI is InChI=1S/C10H15N3OS2/c1-7-4-5-9(6-12-7)8(2)16(3,14)13-10(11)15/h4-6,8H,1-3H3,(H2,11,15). The number of pyridine rings is 1. The van der Waals surface area contributed by atoms with Crippen molar-refractivity contribution in [2.24, 2.45) is 10.1 Å². The van der Waals surface area contributed by atoms with Crippen LogP contribution in [0.5, 0.6) is 0 Å². The van der Waals surface area contributed by atoms with E-state index in [1.165, 1.54) is 0 Å². The number of nitrogens with two attached hydrogens (primary N) is 1. The Morgan fingerprint density at radius 3 is 2.69 bits per heavy atom. The molecular weight excluding hydrogens is 242 g/mol. The van der Waals surface area contributed by atoms with Crippen LogP contribution in [0.15, 0.2) is 22.7 Å². The van der Waals surface area contributed by atoms with Crippen molar-refractivity contribution in [1.29, 1.82) is 0 Å². The van der Waals surface area contributed by atoms with Crippen molar-refractivity contribution >= 4 is 27.1 Å². The van der Waals surface area contributed by atoms with Crippen LogP contribution in [0.25, 0.3) is 0 Å². The van der Waals surface area contributed by atoms with Crippen LogP contribution in [0.2, 0.25) is 0 Å². The van der Waals surface area contributed by atoms with Gasteiger partial charge in [0, 0.05) is 18.1 Å². The van der Waals surface area contributed by atoms with Crippen LogP contribution in [0.3, 0.4) is 0 Å². The molecule has 0 saturated heterocycles. The van der Waals surface area contributed by atoms with Gasteiger partial charge in [0.25, 0.3) is 0 Å². The molecule has 0 fully saturated rings. The van der Waals surface area contributed by atoms with E-state index in [2.05, 4.69) is 21.6 Å². The summed E-state index contributed by atoms with van der Waals surface area (Å²) in [5.41, 5.74) is 7.08. The fourth-order valence-electron chi connectivity index (χ4n) is 1.23. The summed E-state index contributed by atoms with van der Waals surface area (Å²) in [5, 5.41) is -0.318. The predicted molar refractivity (Wildman–Crippen MR) is 70.7 cm³/mol. The summed E-state index contributed by atoms with van der Waals surface area (Å²) in [5.74, 6) is 0. The van der Waals surface area contributed by atoms with E-state index < -0.39 is 9.73 Å². The Morgan fingerprint density at radius 1 is 1.62 bits per heavy atom. The van der Waals surface area contributed by atoms with Crippen LogP contribution in [-0.2, 0) is 9.73 Å². The Bertz CT molecular complexity index is 501. The van der Waals surface area contributed by atoms with Gasteiger partial charge in [-0.2, -0.15) is 4.36 Å². The van der Waals surface area contributed by atoms with Gasteiger partial charge < -0.3 is 5.73 Å². The second-order valence-corrected chi connectivity index (χ2v) is 6.70. The fourth-order valence-corrected chi connectivity index (χ4v) is 2.83. The van der Waals surface area contributed by atoms with E-state index in [9.17, 15) is 4.21 Å². The molecule has 1 aromatic heterocycles. The largest absolute Gasteiger partial charge is 0.374 e. The summed E-state index contributed by atoms with van der Waals surface area (Å²) in [6.07, 6.45) is 3.26. The van der Waals surface area contributed by atoms with E-state index in [-0.39, 0.29) is 10.4 Å². The molecule has 1 aromatic rings. The lowest BCUT2D eigenvalue weighted by molar-refractivity contribution is 0.673. The van der Waals surface area contributed by atoms with Gasteiger partial charge in [0.05, 0.1) is 15.0 Å². The minimum absolute atomic E-state index is 0.0700. The molecule has 6 heteroatoms. The Kier molecular flexibility index (Phi) is 3.98. The molecule has 0 aliphatic carbocycles. The molecule has 0 aliphatic heterocycles. The minimum Gasteiger partial charge on any atom is -0.374 e. The van der Waals surface area contributed by atoms with Crippen LogP contribution < -0.4 is 5.73 Å². The molecule has 2 N–H and O–H groups in total. The Labute approximate surface area is 101 Å². The summed E-state index contributed by atoms with van der Waals surface area (Å²) in [7, 11) is -2.46. The Hall–Kier alpha value is -1.01. The lowest BCUT2D eigenvalue weighted by Gasteiger charge is -2.13. The van der Waals surface area contributed by atoms with Gasteiger partial charge in [0.2, 0.25) is 0 Å². The number of nitrogens with zero attached hydrogens (tertiary/aromatic N) is 2. The van der Waals surface area contributed by atoms with Crippen LogP contribution in [-0.4, -0.2) is 20.6 Å². The van der Waals surface area contributed by atoms with Crippen molar-refractivity contribution in [3.8, 4) is 0 Å². The van der Waals surface area contributed by atoms with E-state index in [0.717, 1.165) is 11.3 Å². The quantitative estimate of drug-likeness (QED) is 0.820. The highest BCUT2D eigenvalue weighted by Gasteiger charge is 2.16. The van der Waals surface area contributed by atoms with E-state index in [1.54, 1.807) is 12.5 Å². The van der Waals surface area contributed by atoms with Crippen LogP contribution in [0.1, 0.15) is 23.4 Å². The topological polar surface area (TPSA) is 68.3 Å². The maximum Gasteiger partial charge on any atom is 0.198 e. The molecule has 0 spiro atoms. The van der Waals surface area contributed by atoms with E-state index in [4.69, 9.17) is 5.73 Å². The van der Waals surface area contributed by atoms with E-state index in [0.29, 0.717) is 0 Å². The predicted octanol–water partition coefficient (Wildman–Crippen LogP) is 1.79. The van der Waals surface area contributed by atoms with Crippen molar-refractivity contribution in [2.45, 2.75) is 19.1 Å². The van der Waals surface area contributed by atoms with Gasteiger partial charge in [-0.05, 0) is 37.7 Å². The summed E-state index contributed by atoms with van der Waals surface area (Å²) < 4.78 is 16.0. The zero-order valence-corrected chi connectivity index (χ0v) is 11.1. The van der Waals surface area contributed by atoms with E-state index >= 15 is 0 Å². The first kappa shape index (κ1) is 13.1. The van der Waals surface area contributed by atoms with Crippen molar-refractivity contribution in [3.63, 3.8) is 0 Å². The number of rotatable bonds is 2. The summed E-state index contributed by atoms with van der Waals surface area (Å²) in [6.45, 7) is 3.73. The molecular formula is C10H15N3OS2. The summed E-state index contributed by atoms with van der Waals surface area (Å²) in [4.78, 5) is 4.16. The normalized spacial score (nSPS) is 16.2. The molecule has 1 heterocycles. The van der Waals surface area contributed by atoms with Crippen LogP contribution in [0, 0.1) is 6.92 Å². The maximum absolute atomic E-state index is 12.2. The highest BCUT2D eigenvalue weighted by Crippen LogP contribution is 2.22. The van der Waals surface area contributed by atoms with Gasteiger partial charge in [-0.25, -0.2) is 4.21 Å². The average molecular weight is 257 g/mol. The highest BCUT2D eigenvalue weighted by atomic mass is 32.2. The van der Waals surface area contributed by atoms with Gasteiger partial charge >= 0.3 is 0 Å². The van der Waals surface area contributed by atoms with Crippen molar-refractivity contribution < 1.29 is 4.21 Å². The van der Waals surface area contributed by atoms with Crippen LogP contribution in [0.4, 0.5) is 0 Å². The smallest absolute Gasteiger partial charge is 0.198 e. The lowest BCUT2D eigenvalue weighted by atomic mass is 10.2. The molecule has 16 heavy (non-hydrogen) atoms. The zero-order chi connectivity index (χ0) is 12.3. The SMILES string of the molecule is Cc1ccc(C(C)S(C)(=O)=NC(N)=S)cn1. The molecule has 0 amide bonds. The number of hydrogen-bond donors (Lipinski definition) is 1. The third kappa shape index (κ3) is 3.24. The molecule has 4 nitrogen and oxygen atoms in total. The number of aryl methyl sites for hydroxylation is 1. The molecule has 2 unspecified atom stereocenters. The van der Waals surface area contributed by atoms with E-state index in [1.807, 2.05) is 26.0 Å². The lowest BCUT2D eigenvalue weighted by Crippen LogP contribution is -2.14. The minimum atomic E-state index is -2.46. The first-order chi connectivity index (χ1) is 7.33. The van der Waals surface area contributed by atoms with Gasteiger partial charge in [0.15, 0.2) is 5.11 Å². The first-order valence-electron chi connectivity index (χ1n) is 4.76. The van der Waals surface area contributed by atoms with Crippen molar-refractivity contribution in [3.05, 3.63) is 29.6 Å². The van der Waals surface area contributed by atoms with Gasteiger partial charge in [-0.1, -0.05) is 6.07 Å². The Morgan fingerprint density at radius 2 is 2.25 bits per heavy atom. The van der Waals surface area contributed by atoms with Crippen molar-refractivity contribution in [1.82, 2.24) is 4.98 Å². The third-order valence-corrected chi connectivity index (χ3v) is 4.68. The molecule has 0 bridgehead atoms. The molecule has 0 radical (unpaired) electrons. The van der Waals surface area contributed by atoms with Gasteiger partial charge in [-0.15, -0.1) is 0 Å². The summed E-state index contributed by atoms with van der Waals surface area (Å²) in [6, 6.07) is 3.77. The number of thiocarbonyl (C=S) groups is 1. The second-order valence-electron chi connectivity index (χ2n) is 3.67. The molecule has 88 valence electrons. The summed E-state index contributed by atoms with van der Waals surface area (Å²) >= 11 is 4.65. The molecule has 1 rings (SSSR count). The molecule has 0 aliphatic rings. The molecule has 2 atom stereocenters. The molecule has 0 saturated carbocycles. The van der Waals surface area contributed by atoms with Gasteiger partial charge in [0.1, 0.15) is 0 Å². The average Bonchev–Trinajstić information content (AvgIpc) is 2.16. The zero-order valence-electron chi connectivity index (χ0n) is 9.51. The third-order valence-electron chi connectivity index (χ3n) is 2.33. The molecule has 0 aromatic carbocycles. The van der Waals surface area contributed by atoms with Gasteiger partial charge in [-0.3, -0.25) is 4.98 Å². The maximum atomic E-state index is 12.2.